The van der Waals surface area contributed by atoms with Crippen LogP contribution in [0, 0.1) is 11.3 Å². The summed E-state index contributed by atoms with van der Waals surface area (Å²) in [6, 6.07) is 1.57. The maximum Gasteiger partial charge on any atom is 0.171 e. The fourth-order valence-electron chi connectivity index (χ4n) is 0.0790. The van der Waals surface area contributed by atoms with E-state index in [2.05, 4.69) is 5.16 Å². The van der Waals surface area contributed by atoms with Crippen molar-refractivity contribution < 1.29 is 5.21 Å². The molecule has 4 heteroatoms. The molecule has 0 aliphatic rings. The summed E-state index contributed by atoms with van der Waals surface area (Å²) < 4.78 is 0. The molecule has 0 aromatic heterocycles. The summed E-state index contributed by atoms with van der Waals surface area (Å²) >= 11 is 5.05. The third-order valence-corrected chi connectivity index (χ3v) is 0.629. The van der Waals surface area contributed by atoms with Crippen LogP contribution in [0.4, 0.5) is 0 Å². The van der Waals surface area contributed by atoms with Crippen molar-refractivity contribution in [1.82, 2.24) is 0 Å². The van der Waals surface area contributed by atoms with Crippen molar-refractivity contribution in [2.75, 3.05) is 5.88 Å². The molecular formula is C3H3ClN2O. The monoisotopic (exact) mass is 118 g/mol. The Morgan fingerprint density at radius 2 is 2.57 bits per heavy atom. The van der Waals surface area contributed by atoms with Crippen LogP contribution in [-0.4, -0.2) is 16.8 Å². The van der Waals surface area contributed by atoms with E-state index in [9.17, 15) is 0 Å². The minimum absolute atomic E-state index is 0.0347. The van der Waals surface area contributed by atoms with Gasteiger partial charge in [0.15, 0.2) is 5.71 Å². The van der Waals surface area contributed by atoms with Crippen LogP contribution in [0.25, 0.3) is 0 Å². The zero-order valence-electron chi connectivity index (χ0n) is 3.43. The first kappa shape index (κ1) is 6.25. The molecule has 1 N–H and O–H groups in total. The Morgan fingerprint density at radius 3 is 2.57 bits per heavy atom. The van der Waals surface area contributed by atoms with Crippen molar-refractivity contribution in [1.29, 1.82) is 5.26 Å². The summed E-state index contributed by atoms with van der Waals surface area (Å²) in [6.45, 7) is 0. The van der Waals surface area contributed by atoms with E-state index in [4.69, 9.17) is 22.1 Å². The molecule has 0 saturated heterocycles. The minimum atomic E-state index is -0.0679. The van der Waals surface area contributed by atoms with Gasteiger partial charge in [-0.05, 0) is 0 Å². The van der Waals surface area contributed by atoms with Crippen LogP contribution in [0.15, 0.2) is 5.16 Å². The Labute approximate surface area is 45.8 Å². The zero-order chi connectivity index (χ0) is 5.70. The van der Waals surface area contributed by atoms with Crippen molar-refractivity contribution in [2.24, 2.45) is 5.16 Å². The Kier molecular flexibility index (Phi) is 3.07. The molecule has 0 radical (unpaired) electrons. The predicted octanol–water partition coefficient (Wildman–Crippen LogP) is 0.579. The first-order valence-electron chi connectivity index (χ1n) is 1.52. The molecule has 0 amide bonds. The summed E-state index contributed by atoms with van der Waals surface area (Å²) in [7, 11) is 0. The number of hydrogen-bond acceptors (Lipinski definition) is 3. The second-order valence-electron chi connectivity index (χ2n) is 0.792. The molecule has 0 aromatic rings. The Balaban J connectivity index is 3.68. The highest BCUT2D eigenvalue weighted by molar-refractivity contribution is 6.31. The molecule has 0 aromatic carbocycles. The summed E-state index contributed by atoms with van der Waals surface area (Å²) in [6.07, 6.45) is 0. The van der Waals surface area contributed by atoms with Crippen LogP contribution in [0.3, 0.4) is 0 Å². The van der Waals surface area contributed by atoms with Gasteiger partial charge in [0.1, 0.15) is 6.07 Å². The molecule has 0 bridgehead atoms. The van der Waals surface area contributed by atoms with Gasteiger partial charge in [0.2, 0.25) is 0 Å². The minimum Gasteiger partial charge on any atom is -0.410 e. The first-order valence-corrected chi connectivity index (χ1v) is 2.05. The van der Waals surface area contributed by atoms with Crippen molar-refractivity contribution >= 4 is 17.3 Å². The van der Waals surface area contributed by atoms with E-state index in [1.807, 2.05) is 0 Å². The van der Waals surface area contributed by atoms with Gasteiger partial charge in [0.05, 0.1) is 5.88 Å². The van der Waals surface area contributed by atoms with Gasteiger partial charge in [0.25, 0.3) is 0 Å². The van der Waals surface area contributed by atoms with Crippen molar-refractivity contribution in [3.05, 3.63) is 0 Å². The van der Waals surface area contributed by atoms with E-state index in [1.54, 1.807) is 6.07 Å². The Hall–Kier alpha value is -0.750. The molecule has 3 nitrogen and oxygen atoms in total. The van der Waals surface area contributed by atoms with Gasteiger partial charge in [-0.3, -0.25) is 0 Å². The molecule has 0 atom stereocenters. The number of oxime groups is 1. The molecule has 0 spiro atoms. The van der Waals surface area contributed by atoms with E-state index in [1.165, 1.54) is 0 Å². The van der Waals surface area contributed by atoms with Gasteiger partial charge in [-0.25, -0.2) is 0 Å². The molecule has 7 heavy (non-hydrogen) atoms. The molecule has 0 heterocycles. The lowest BCUT2D eigenvalue weighted by Crippen LogP contribution is -1.93. The molecule has 0 aliphatic heterocycles. The highest BCUT2D eigenvalue weighted by Gasteiger charge is 1.89. The number of alkyl halides is 1. The smallest absolute Gasteiger partial charge is 0.171 e. The van der Waals surface area contributed by atoms with Crippen LogP contribution in [0.2, 0.25) is 0 Å². The van der Waals surface area contributed by atoms with Gasteiger partial charge in [-0.1, -0.05) is 5.16 Å². The van der Waals surface area contributed by atoms with E-state index in [0.29, 0.717) is 0 Å². The van der Waals surface area contributed by atoms with E-state index in [0.717, 1.165) is 0 Å². The quantitative estimate of drug-likeness (QED) is 0.237. The highest BCUT2D eigenvalue weighted by Crippen LogP contribution is 1.77. The van der Waals surface area contributed by atoms with Crippen LogP contribution in [0.5, 0.6) is 0 Å². The summed E-state index contributed by atoms with van der Waals surface area (Å²) in [5.41, 5.74) is -0.0679. The van der Waals surface area contributed by atoms with Crippen LogP contribution in [0.1, 0.15) is 0 Å². The average Bonchev–Trinajstić information content (AvgIpc) is 1.72. The number of nitrogens with zero attached hydrogens (tertiary/aromatic N) is 2. The Bertz CT molecular complexity index is 115. The van der Waals surface area contributed by atoms with E-state index >= 15 is 0 Å². The zero-order valence-corrected chi connectivity index (χ0v) is 4.18. The van der Waals surface area contributed by atoms with Crippen LogP contribution < -0.4 is 0 Å². The maximum absolute atomic E-state index is 7.90. The van der Waals surface area contributed by atoms with Gasteiger partial charge < -0.3 is 5.21 Å². The molecule has 38 valence electrons. The van der Waals surface area contributed by atoms with Gasteiger partial charge >= 0.3 is 0 Å². The fourth-order valence-corrected chi connectivity index (χ4v) is 0.192. The molecule has 0 rings (SSSR count). The highest BCUT2D eigenvalue weighted by atomic mass is 35.5. The largest absolute Gasteiger partial charge is 0.410 e. The summed E-state index contributed by atoms with van der Waals surface area (Å²) in [4.78, 5) is 0. The van der Waals surface area contributed by atoms with Gasteiger partial charge in [-0.15, -0.1) is 11.6 Å². The number of nitriles is 1. The Morgan fingerprint density at radius 1 is 2.00 bits per heavy atom. The molecule has 0 aliphatic carbocycles. The second-order valence-corrected chi connectivity index (χ2v) is 1.06. The van der Waals surface area contributed by atoms with E-state index < -0.39 is 0 Å². The lowest BCUT2D eigenvalue weighted by atomic mass is 10.5. The van der Waals surface area contributed by atoms with Crippen molar-refractivity contribution in [3.8, 4) is 6.07 Å². The summed E-state index contributed by atoms with van der Waals surface area (Å²) in [5, 5.41) is 18.3. The van der Waals surface area contributed by atoms with E-state index in [-0.39, 0.29) is 11.6 Å². The second kappa shape index (κ2) is 3.44. The standard InChI is InChI=1S/C3H3ClN2O/c4-1-3(2-5)6-7/h7H,1H2/b6-3-. The lowest BCUT2D eigenvalue weighted by Gasteiger charge is -1.76. The summed E-state index contributed by atoms with van der Waals surface area (Å²) in [5.74, 6) is -0.0347. The molecule has 0 fully saturated rings. The van der Waals surface area contributed by atoms with Crippen molar-refractivity contribution in [3.63, 3.8) is 0 Å². The number of hydrogen-bond donors (Lipinski definition) is 1. The van der Waals surface area contributed by atoms with Crippen LogP contribution >= 0.6 is 11.6 Å². The van der Waals surface area contributed by atoms with Gasteiger partial charge in [-0.2, -0.15) is 5.26 Å². The van der Waals surface area contributed by atoms with Gasteiger partial charge in [0, 0.05) is 0 Å². The number of rotatable bonds is 1. The van der Waals surface area contributed by atoms with Crippen molar-refractivity contribution in [2.45, 2.75) is 0 Å². The fraction of sp³-hybridized carbons (Fsp3) is 0.333. The molecule has 0 unspecified atom stereocenters. The average molecular weight is 119 g/mol. The maximum atomic E-state index is 7.90. The topological polar surface area (TPSA) is 56.4 Å². The van der Waals surface area contributed by atoms with Crippen LogP contribution in [-0.2, 0) is 0 Å². The number of halogens is 1. The molecule has 0 saturated carbocycles. The lowest BCUT2D eigenvalue weighted by molar-refractivity contribution is 0.319. The first-order chi connectivity index (χ1) is 3.35. The predicted molar refractivity (Wildman–Crippen MR) is 25.6 cm³/mol. The third kappa shape index (κ3) is 2.01. The SMILES string of the molecule is N#C/C(CCl)=N\O. The normalized spacial score (nSPS) is 10.6. The third-order valence-electron chi connectivity index (χ3n) is 0.376. The molecular weight excluding hydrogens is 115 g/mol.